The Morgan fingerprint density at radius 2 is 1.81 bits per heavy atom. The average Bonchev–Trinajstić information content (AvgIpc) is 3.53. The van der Waals surface area contributed by atoms with Gasteiger partial charge in [-0.15, -0.1) is 0 Å². The van der Waals surface area contributed by atoms with Crippen LogP contribution in [0, 0.1) is 0 Å². The third-order valence-corrected chi connectivity index (χ3v) is 5.99. The van der Waals surface area contributed by atoms with Crippen LogP contribution in [0.3, 0.4) is 0 Å². The molecule has 6 aromatic rings. The Balaban J connectivity index is 1.38. The maximum absolute atomic E-state index is 5.87. The Morgan fingerprint density at radius 1 is 0.889 bits per heavy atom. The Bertz CT molecular complexity index is 1660. The van der Waals surface area contributed by atoms with Gasteiger partial charge < -0.3 is 14.6 Å². The SMILES string of the molecule is CN(C)CCOc1cncc(-c2cnc3n[nH]c(-c4cc5c(-c6ccccn6)nccc5[nH]4)c3c2)c1. The number of pyridine rings is 4. The van der Waals surface area contributed by atoms with Gasteiger partial charge in [0.1, 0.15) is 12.4 Å². The van der Waals surface area contributed by atoms with Crippen molar-refractivity contribution in [3.05, 3.63) is 73.4 Å². The van der Waals surface area contributed by atoms with Crippen molar-refractivity contribution in [3.8, 4) is 39.7 Å². The first kappa shape index (κ1) is 21.9. The lowest BCUT2D eigenvalue weighted by molar-refractivity contribution is 0.261. The Kier molecular flexibility index (Phi) is 5.59. The number of H-pyrrole nitrogens is 2. The van der Waals surface area contributed by atoms with Gasteiger partial charge in [-0.3, -0.25) is 20.1 Å². The van der Waals surface area contributed by atoms with E-state index >= 15 is 0 Å². The van der Waals surface area contributed by atoms with Crippen LogP contribution in [0.2, 0.25) is 0 Å². The molecule has 0 aromatic carbocycles. The fourth-order valence-corrected chi connectivity index (χ4v) is 4.16. The molecular formula is C27H24N8O. The second-order valence-corrected chi connectivity index (χ2v) is 8.77. The van der Waals surface area contributed by atoms with E-state index in [9.17, 15) is 0 Å². The molecule has 0 unspecified atom stereocenters. The van der Waals surface area contributed by atoms with Crippen molar-refractivity contribution in [2.75, 3.05) is 27.2 Å². The van der Waals surface area contributed by atoms with Crippen LogP contribution in [-0.4, -0.2) is 67.3 Å². The first-order valence-corrected chi connectivity index (χ1v) is 11.6. The van der Waals surface area contributed by atoms with Gasteiger partial charge in [-0.1, -0.05) is 6.07 Å². The van der Waals surface area contributed by atoms with E-state index in [0.717, 1.165) is 62.5 Å². The van der Waals surface area contributed by atoms with Crippen LogP contribution in [-0.2, 0) is 0 Å². The summed E-state index contributed by atoms with van der Waals surface area (Å²) in [6.45, 7) is 1.43. The summed E-state index contributed by atoms with van der Waals surface area (Å²) in [7, 11) is 4.04. The molecule has 6 rings (SSSR count). The predicted molar refractivity (Wildman–Crippen MR) is 139 cm³/mol. The van der Waals surface area contributed by atoms with Gasteiger partial charge in [-0.05, 0) is 50.5 Å². The number of aromatic nitrogens is 7. The molecule has 178 valence electrons. The largest absolute Gasteiger partial charge is 0.491 e. The summed E-state index contributed by atoms with van der Waals surface area (Å²) < 4.78 is 5.87. The molecule has 0 amide bonds. The molecule has 0 aliphatic carbocycles. The summed E-state index contributed by atoms with van der Waals surface area (Å²) in [5.41, 5.74) is 6.88. The van der Waals surface area contributed by atoms with Crippen LogP contribution in [0.4, 0.5) is 0 Å². The van der Waals surface area contributed by atoms with Crippen molar-refractivity contribution < 1.29 is 4.74 Å². The molecule has 0 fully saturated rings. The van der Waals surface area contributed by atoms with E-state index in [1.54, 1.807) is 18.6 Å². The van der Waals surface area contributed by atoms with Crippen LogP contribution >= 0.6 is 0 Å². The molecule has 0 aliphatic rings. The number of hydrogen-bond acceptors (Lipinski definition) is 7. The molecule has 0 radical (unpaired) electrons. The van der Waals surface area contributed by atoms with E-state index < -0.39 is 0 Å². The number of nitrogens with one attached hydrogen (secondary N) is 2. The number of likely N-dealkylation sites (N-methyl/N-ethyl adjacent to an activating group) is 1. The molecule has 0 saturated heterocycles. The van der Waals surface area contributed by atoms with E-state index in [-0.39, 0.29) is 0 Å². The third-order valence-electron chi connectivity index (χ3n) is 5.99. The minimum atomic E-state index is 0.594. The zero-order chi connectivity index (χ0) is 24.5. The first-order valence-electron chi connectivity index (χ1n) is 11.6. The van der Waals surface area contributed by atoms with Crippen LogP contribution in [0.5, 0.6) is 5.75 Å². The third kappa shape index (κ3) is 4.16. The summed E-state index contributed by atoms with van der Waals surface area (Å²) in [6, 6.07) is 13.9. The Morgan fingerprint density at radius 3 is 2.67 bits per heavy atom. The van der Waals surface area contributed by atoms with Crippen LogP contribution in [0.15, 0.2) is 73.4 Å². The lowest BCUT2D eigenvalue weighted by atomic mass is 10.1. The molecule has 9 heteroatoms. The number of aromatic amines is 2. The summed E-state index contributed by atoms with van der Waals surface area (Å²) in [4.78, 5) is 23.6. The summed E-state index contributed by atoms with van der Waals surface area (Å²) in [5.74, 6) is 0.729. The standard InChI is InChI=1S/C27H24N8O/c1-35(2)9-10-36-19-11-17(14-28-16-19)18-12-21-26(33-34-27(21)31-15-18)24-13-20-22(32-24)6-8-30-25(20)23-5-3-4-7-29-23/h3-8,11-16,32H,9-10H2,1-2H3,(H,31,33,34). The number of rotatable bonds is 7. The van der Waals surface area contributed by atoms with Gasteiger partial charge in [0.05, 0.1) is 29.0 Å². The van der Waals surface area contributed by atoms with Crippen molar-refractivity contribution in [1.82, 2.24) is 40.0 Å². The predicted octanol–water partition coefficient (Wildman–Crippen LogP) is 4.57. The second kappa shape index (κ2) is 9.20. The maximum atomic E-state index is 5.87. The molecule has 6 aromatic heterocycles. The highest BCUT2D eigenvalue weighted by Crippen LogP contribution is 2.33. The summed E-state index contributed by atoms with van der Waals surface area (Å²) >= 11 is 0. The number of fused-ring (bicyclic) bond motifs is 2. The Labute approximate surface area is 207 Å². The fourth-order valence-electron chi connectivity index (χ4n) is 4.16. The molecule has 6 heterocycles. The van der Waals surface area contributed by atoms with Gasteiger partial charge in [0.15, 0.2) is 5.65 Å². The lowest BCUT2D eigenvalue weighted by Gasteiger charge is -2.11. The van der Waals surface area contributed by atoms with Crippen molar-refractivity contribution in [2.45, 2.75) is 0 Å². The van der Waals surface area contributed by atoms with Crippen molar-refractivity contribution in [2.24, 2.45) is 0 Å². The maximum Gasteiger partial charge on any atom is 0.181 e. The number of hydrogen-bond donors (Lipinski definition) is 2. The average molecular weight is 477 g/mol. The van der Waals surface area contributed by atoms with Crippen LogP contribution < -0.4 is 4.74 Å². The summed E-state index contributed by atoms with van der Waals surface area (Å²) in [6.07, 6.45) is 8.91. The highest BCUT2D eigenvalue weighted by atomic mass is 16.5. The van der Waals surface area contributed by atoms with Crippen molar-refractivity contribution >= 4 is 21.9 Å². The van der Waals surface area contributed by atoms with Gasteiger partial charge in [0.25, 0.3) is 0 Å². The Hall–Kier alpha value is -4.63. The molecule has 2 N–H and O–H groups in total. The normalized spacial score (nSPS) is 11.5. The van der Waals surface area contributed by atoms with E-state index in [0.29, 0.717) is 12.3 Å². The van der Waals surface area contributed by atoms with Gasteiger partial charge in [0.2, 0.25) is 0 Å². The van der Waals surface area contributed by atoms with Crippen molar-refractivity contribution in [1.29, 1.82) is 0 Å². The fraction of sp³-hybridized carbons (Fsp3) is 0.148. The van der Waals surface area contributed by atoms with E-state index in [4.69, 9.17) is 4.74 Å². The highest BCUT2D eigenvalue weighted by molar-refractivity contribution is 5.99. The zero-order valence-corrected chi connectivity index (χ0v) is 19.9. The van der Waals surface area contributed by atoms with E-state index in [1.807, 2.05) is 56.8 Å². The van der Waals surface area contributed by atoms with Crippen LogP contribution in [0.1, 0.15) is 0 Å². The molecule has 0 atom stereocenters. The highest BCUT2D eigenvalue weighted by Gasteiger charge is 2.15. The second-order valence-electron chi connectivity index (χ2n) is 8.77. The number of ether oxygens (including phenoxy) is 1. The molecule has 0 saturated carbocycles. The van der Waals surface area contributed by atoms with Gasteiger partial charge in [0, 0.05) is 58.7 Å². The van der Waals surface area contributed by atoms with Crippen molar-refractivity contribution in [3.63, 3.8) is 0 Å². The van der Waals surface area contributed by atoms with E-state index in [1.165, 1.54) is 0 Å². The molecule has 0 aliphatic heterocycles. The van der Waals surface area contributed by atoms with Gasteiger partial charge >= 0.3 is 0 Å². The topological polar surface area (TPSA) is 108 Å². The smallest absolute Gasteiger partial charge is 0.181 e. The van der Waals surface area contributed by atoms with Gasteiger partial charge in [-0.2, -0.15) is 5.10 Å². The van der Waals surface area contributed by atoms with Crippen LogP contribution in [0.25, 0.3) is 55.8 Å². The molecule has 9 nitrogen and oxygen atoms in total. The zero-order valence-electron chi connectivity index (χ0n) is 19.9. The first-order chi connectivity index (χ1) is 17.7. The quantitative estimate of drug-likeness (QED) is 0.348. The molecule has 0 spiro atoms. The molecule has 36 heavy (non-hydrogen) atoms. The number of nitrogens with zero attached hydrogens (tertiary/aromatic N) is 6. The minimum absolute atomic E-state index is 0.594. The molecule has 0 bridgehead atoms. The van der Waals surface area contributed by atoms with Gasteiger partial charge in [-0.25, -0.2) is 4.98 Å². The molecular weight excluding hydrogens is 452 g/mol. The summed E-state index contributed by atoms with van der Waals surface area (Å²) in [5, 5.41) is 9.48. The minimum Gasteiger partial charge on any atom is -0.491 e. The lowest BCUT2D eigenvalue weighted by Crippen LogP contribution is -2.19. The monoisotopic (exact) mass is 476 g/mol. The van der Waals surface area contributed by atoms with E-state index in [2.05, 4.69) is 52.1 Å².